The number of hydrogen-bond acceptors (Lipinski definition) is 10. The molecule has 1 aromatic carbocycles. The number of rotatable bonds is 8. The van der Waals surface area contributed by atoms with Crippen LogP contribution in [-0.4, -0.2) is 48.0 Å². The molecular weight excluding hydrogens is 527 g/mol. The van der Waals surface area contributed by atoms with Crippen LogP contribution in [0.1, 0.15) is 5.69 Å². The first-order chi connectivity index (χ1) is 15.7. The first kappa shape index (κ1) is 26.3. The second kappa shape index (κ2) is 11.0. The van der Waals surface area contributed by atoms with Crippen molar-refractivity contribution in [1.29, 1.82) is 0 Å². The van der Waals surface area contributed by atoms with Crippen LogP contribution >= 0.6 is 29.6 Å². The molecule has 3 aromatic rings. The van der Waals surface area contributed by atoms with Gasteiger partial charge >= 0.3 is 10.5 Å². The number of benzene rings is 1. The van der Waals surface area contributed by atoms with Gasteiger partial charge in [0, 0.05) is 25.2 Å². The quantitative estimate of drug-likeness (QED) is 0.283. The van der Waals surface area contributed by atoms with E-state index in [2.05, 4.69) is 35.2 Å². The predicted molar refractivity (Wildman–Crippen MR) is 135 cm³/mol. The lowest BCUT2D eigenvalue weighted by Gasteiger charge is -2.16. The molecule has 4 rings (SSSR count). The number of nitrogens with zero attached hydrogens (tertiary/aromatic N) is 4. The summed E-state index contributed by atoms with van der Waals surface area (Å²) in [6.45, 7) is 6.04. The maximum Gasteiger partial charge on any atom is 0.488 e. The molecule has 0 saturated carbocycles. The van der Waals surface area contributed by atoms with Gasteiger partial charge in [-0.1, -0.05) is 15.5 Å². The van der Waals surface area contributed by atoms with Crippen LogP contribution in [0.4, 0.5) is 27.2 Å². The maximum absolute atomic E-state index is 12.9. The molecule has 16 heteroatoms. The highest BCUT2D eigenvalue weighted by Gasteiger charge is 2.17. The summed E-state index contributed by atoms with van der Waals surface area (Å²) in [6.07, 6.45) is 1.43. The number of nitrogens with one attached hydrogen (secondary N) is 3. The van der Waals surface area contributed by atoms with Crippen LogP contribution in [0.5, 0.6) is 11.5 Å². The van der Waals surface area contributed by atoms with Crippen molar-refractivity contribution in [2.75, 3.05) is 30.5 Å². The maximum atomic E-state index is 12.9. The normalized spacial score (nSPS) is 13.1. The van der Waals surface area contributed by atoms with Crippen molar-refractivity contribution < 1.29 is 21.0 Å². The summed E-state index contributed by atoms with van der Waals surface area (Å²) in [6, 6.07) is 5.92. The van der Waals surface area contributed by atoms with E-state index in [9.17, 15) is 12.3 Å². The van der Waals surface area contributed by atoms with Gasteiger partial charge in [-0.25, -0.2) is 4.98 Å². The summed E-state index contributed by atoms with van der Waals surface area (Å²) in [5.74, 6) is 1.15. The minimum absolute atomic E-state index is 0. The molecule has 1 unspecified atom stereocenters. The summed E-state index contributed by atoms with van der Waals surface area (Å²) < 4.78 is 46.5. The highest BCUT2D eigenvalue weighted by atomic mass is 35.5. The molecule has 0 amide bonds. The Morgan fingerprint density at radius 2 is 2.06 bits per heavy atom. The fraction of sp³-hybridized carbons (Fsp3) is 0.278. The predicted octanol–water partition coefficient (Wildman–Crippen LogP) is 3.60. The van der Waals surface area contributed by atoms with E-state index >= 15 is 0 Å². The van der Waals surface area contributed by atoms with Gasteiger partial charge < -0.3 is 24.7 Å². The van der Waals surface area contributed by atoms with Gasteiger partial charge in [-0.2, -0.15) is 28.4 Å². The summed E-state index contributed by atoms with van der Waals surface area (Å²) >= 11 is 6.27. The van der Waals surface area contributed by atoms with Gasteiger partial charge in [-0.05, 0) is 25.5 Å². The molecule has 2 aromatic heterocycles. The summed E-state index contributed by atoms with van der Waals surface area (Å²) in [4.78, 5) is 8.60. The molecule has 34 heavy (non-hydrogen) atoms. The molecule has 0 radical (unpaired) electrons. The highest BCUT2D eigenvalue weighted by molar-refractivity contribution is 7.81. The van der Waals surface area contributed by atoms with E-state index in [1.807, 2.05) is 24.1 Å². The molecule has 3 N–H and O–H groups in total. The lowest BCUT2D eigenvalue weighted by atomic mass is 10.2. The lowest BCUT2D eigenvalue weighted by molar-refractivity contribution is 0.439. The van der Waals surface area contributed by atoms with Gasteiger partial charge in [0.05, 0.1) is 32.3 Å². The Labute approximate surface area is 205 Å². The average molecular weight is 550 g/mol. The molecule has 0 saturated heterocycles. The van der Waals surface area contributed by atoms with E-state index in [0.717, 1.165) is 25.3 Å². The van der Waals surface area contributed by atoms with Gasteiger partial charge in [-0.15, -0.1) is 0 Å². The van der Waals surface area contributed by atoms with E-state index in [4.69, 9.17) is 16.1 Å². The smallest absolute Gasteiger partial charge is 0.472 e. The minimum atomic E-state index is -5.17. The van der Waals surface area contributed by atoms with E-state index < -0.39 is 18.7 Å². The first-order valence-electron chi connectivity index (χ1n) is 9.64. The van der Waals surface area contributed by atoms with Crippen molar-refractivity contribution in [1.82, 2.24) is 25.1 Å². The van der Waals surface area contributed by atoms with Gasteiger partial charge in [0.15, 0.2) is 11.6 Å². The van der Waals surface area contributed by atoms with Crippen molar-refractivity contribution in [2.45, 2.75) is 13.1 Å². The molecule has 0 bridgehead atoms. The standard InChI is InChI=1S/C18H20ClFN7O4PS.H3P/c1-32(2)30-15-8-12(31-33(20,28)29)3-4-14(15)23-17-13(19)10-22-18(25-17)24-16-7-11-9-21-5-6-27(11)26-16;/h3-4,7-8,10,21H,5-6,9H2,1-2H3,(H2,22,23,24,25,26);1H3. The van der Waals surface area contributed by atoms with Crippen molar-refractivity contribution in [3.63, 3.8) is 0 Å². The third-order valence-corrected chi connectivity index (χ3v) is 5.57. The van der Waals surface area contributed by atoms with E-state index in [1.54, 1.807) is 0 Å². The number of anilines is 4. The molecule has 1 atom stereocenters. The average Bonchev–Trinajstić information content (AvgIpc) is 3.13. The van der Waals surface area contributed by atoms with Crippen molar-refractivity contribution in [2.24, 2.45) is 0 Å². The number of fused-ring (bicyclic) bond motifs is 1. The summed E-state index contributed by atoms with van der Waals surface area (Å²) in [5.41, 5.74) is 1.47. The third kappa shape index (κ3) is 6.86. The Balaban J connectivity index is 0.00000324. The monoisotopic (exact) mass is 549 g/mol. The molecule has 0 spiro atoms. The fourth-order valence-corrected chi connectivity index (χ4v) is 4.07. The Morgan fingerprint density at radius 1 is 1.26 bits per heavy atom. The topological polar surface area (TPSA) is 132 Å². The largest absolute Gasteiger partial charge is 0.488 e. The number of aromatic nitrogens is 4. The minimum Gasteiger partial charge on any atom is -0.472 e. The van der Waals surface area contributed by atoms with Crippen LogP contribution in [0.3, 0.4) is 0 Å². The Hall–Kier alpha value is -2.30. The highest BCUT2D eigenvalue weighted by Crippen LogP contribution is 2.40. The van der Waals surface area contributed by atoms with Crippen LogP contribution in [0.15, 0.2) is 30.5 Å². The van der Waals surface area contributed by atoms with Crippen molar-refractivity contribution in [3.8, 4) is 11.5 Å². The van der Waals surface area contributed by atoms with Crippen LogP contribution < -0.4 is 24.7 Å². The van der Waals surface area contributed by atoms with E-state index in [-0.39, 0.29) is 38.2 Å². The molecule has 1 aliphatic rings. The third-order valence-electron chi connectivity index (χ3n) is 4.34. The zero-order chi connectivity index (χ0) is 23.6. The molecule has 0 aliphatic carbocycles. The number of halogens is 2. The first-order valence-corrected chi connectivity index (χ1v) is 13.5. The molecule has 184 valence electrons. The van der Waals surface area contributed by atoms with Crippen LogP contribution in [0, 0.1) is 0 Å². The van der Waals surface area contributed by atoms with Crippen molar-refractivity contribution >= 4 is 63.4 Å². The van der Waals surface area contributed by atoms with Crippen LogP contribution in [0.2, 0.25) is 5.02 Å². The second-order valence-corrected chi connectivity index (χ2v) is 10.3. The SMILES string of the molecule is CP(C)Oc1cc(OS(=O)(=O)F)ccc1Nc1nc(Nc2cc3n(n2)CCNC3)ncc1Cl.P. The Morgan fingerprint density at radius 3 is 2.76 bits per heavy atom. The Bertz CT molecular complexity index is 1260. The van der Waals surface area contributed by atoms with Gasteiger partial charge in [-0.3, -0.25) is 4.68 Å². The van der Waals surface area contributed by atoms with Crippen molar-refractivity contribution in [3.05, 3.63) is 41.2 Å². The molecule has 0 fully saturated rings. The van der Waals surface area contributed by atoms with Gasteiger partial charge in [0.25, 0.3) is 0 Å². The summed E-state index contributed by atoms with van der Waals surface area (Å²) in [5, 5.41) is 14.1. The van der Waals surface area contributed by atoms with E-state index in [0.29, 0.717) is 11.5 Å². The zero-order valence-corrected chi connectivity index (χ0v) is 22.1. The van der Waals surface area contributed by atoms with E-state index in [1.165, 1.54) is 24.4 Å². The van der Waals surface area contributed by atoms with Gasteiger partial charge in [0.2, 0.25) is 5.95 Å². The molecule has 3 heterocycles. The lowest BCUT2D eigenvalue weighted by Crippen LogP contribution is -2.28. The number of hydrogen-bond donors (Lipinski definition) is 3. The second-order valence-electron chi connectivity index (χ2n) is 7.10. The molecular formula is C18H23ClFN7O4P2S. The molecule has 1 aliphatic heterocycles. The zero-order valence-electron chi connectivity index (χ0n) is 18.2. The van der Waals surface area contributed by atoms with Gasteiger partial charge in [0.1, 0.15) is 16.5 Å². The van der Waals surface area contributed by atoms with Crippen LogP contribution in [-0.2, 0) is 23.6 Å². The molecule has 11 nitrogen and oxygen atoms in total. The van der Waals surface area contributed by atoms with Crippen LogP contribution in [0.25, 0.3) is 0 Å². The Kier molecular flexibility index (Phi) is 8.48. The summed E-state index contributed by atoms with van der Waals surface area (Å²) in [7, 11) is -6.06. The fourth-order valence-electron chi connectivity index (χ4n) is 3.06.